The van der Waals surface area contributed by atoms with Crippen LogP contribution in [0.2, 0.25) is 0 Å². The molecule has 1 aromatic carbocycles. The summed E-state index contributed by atoms with van der Waals surface area (Å²) >= 11 is 0. The third kappa shape index (κ3) is 2.31. The minimum Gasteiger partial charge on any atom is -0.504 e. The van der Waals surface area contributed by atoms with Crippen LogP contribution in [0.1, 0.15) is 18.6 Å². The van der Waals surface area contributed by atoms with Crippen LogP contribution in [0.25, 0.3) is 0 Å². The largest absolute Gasteiger partial charge is 0.504 e. The van der Waals surface area contributed by atoms with Gasteiger partial charge in [-0.3, -0.25) is 0 Å². The Morgan fingerprint density at radius 1 is 1.27 bits per heavy atom. The number of rotatable bonds is 3. The quantitative estimate of drug-likeness (QED) is 0.586. The second kappa shape index (κ2) is 4.37. The molecule has 0 spiro atoms. The van der Waals surface area contributed by atoms with Gasteiger partial charge in [-0.05, 0) is 24.6 Å². The SMILES string of the molecule is COc1c(O)cc([C@H](O)[C@H](C)N)cc1O. The molecule has 0 saturated carbocycles. The minimum absolute atomic E-state index is 0.0179. The molecule has 2 atom stereocenters. The molecule has 0 saturated heterocycles. The fourth-order valence-corrected chi connectivity index (χ4v) is 1.30. The first-order chi connectivity index (χ1) is 6.97. The molecular weight excluding hydrogens is 198 g/mol. The number of phenols is 2. The van der Waals surface area contributed by atoms with Gasteiger partial charge in [-0.1, -0.05) is 0 Å². The van der Waals surface area contributed by atoms with Crippen LogP contribution in [-0.2, 0) is 0 Å². The molecular formula is C10H15NO4. The van der Waals surface area contributed by atoms with Crippen LogP contribution in [0.15, 0.2) is 12.1 Å². The number of benzene rings is 1. The zero-order valence-corrected chi connectivity index (χ0v) is 8.64. The fourth-order valence-electron chi connectivity index (χ4n) is 1.30. The maximum absolute atomic E-state index is 9.62. The Kier molecular flexibility index (Phi) is 3.39. The average Bonchev–Trinajstić information content (AvgIpc) is 2.15. The zero-order chi connectivity index (χ0) is 11.6. The van der Waals surface area contributed by atoms with Crippen molar-refractivity contribution in [2.45, 2.75) is 19.1 Å². The standard InChI is InChI=1S/C10H15NO4/c1-5(11)9(14)6-3-7(12)10(15-2)8(13)4-6/h3-5,9,12-14H,11H2,1-2H3/t5-,9+/m0/s1. The van der Waals surface area contributed by atoms with Gasteiger partial charge < -0.3 is 25.8 Å². The third-order valence-corrected chi connectivity index (χ3v) is 2.12. The molecule has 0 bridgehead atoms. The number of methoxy groups -OCH3 is 1. The lowest BCUT2D eigenvalue weighted by Crippen LogP contribution is -2.24. The fraction of sp³-hybridized carbons (Fsp3) is 0.400. The summed E-state index contributed by atoms with van der Waals surface area (Å²) in [6.07, 6.45) is -0.937. The number of phenolic OH excluding ortho intramolecular Hbond substituents is 2. The second-order valence-corrected chi connectivity index (χ2v) is 3.40. The van der Waals surface area contributed by atoms with E-state index in [9.17, 15) is 15.3 Å². The lowest BCUT2D eigenvalue weighted by molar-refractivity contribution is 0.152. The van der Waals surface area contributed by atoms with Crippen molar-refractivity contribution < 1.29 is 20.1 Å². The summed E-state index contributed by atoms with van der Waals surface area (Å²) in [4.78, 5) is 0. The number of aliphatic hydroxyl groups excluding tert-OH is 1. The van der Waals surface area contributed by atoms with Gasteiger partial charge in [0.1, 0.15) is 0 Å². The van der Waals surface area contributed by atoms with E-state index in [0.29, 0.717) is 5.56 Å². The molecule has 0 aliphatic heterocycles. The lowest BCUT2D eigenvalue weighted by Gasteiger charge is -2.16. The van der Waals surface area contributed by atoms with Crippen molar-refractivity contribution in [3.63, 3.8) is 0 Å². The molecule has 0 unspecified atom stereocenters. The summed E-state index contributed by atoms with van der Waals surface area (Å²) < 4.78 is 4.76. The molecule has 1 rings (SSSR count). The Morgan fingerprint density at radius 2 is 1.73 bits per heavy atom. The summed E-state index contributed by atoms with van der Waals surface area (Å²) in [5.74, 6) is -0.477. The van der Waals surface area contributed by atoms with E-state index >= 15 is 0 Å². The van der Waals surface area contributed by atoms with E-state index in [4.69, 9.17) is 10.5 Å². The van der Waals surface area contributed by atoms with Crippen molar-refractivity contribution in [2.24, 2.45) is 5.73 Å². The molecule has 5 N–H and O–H groups in total. The van der Waals surface area contributed by atoms with Gasteiger partial charge in [-0.25, -0.2) is 0 Å². The summed E-state index contributed by atoms with van der Waals surface area (Å²) in [6, 6.07) is 2.14. The molecule has 0 aromatic heterocycles. The molecule has 5 heteroatoms. The number of hydrogen-bond donors (Lipinski definition) is 4. The minimum atomic E-state index is -0.937. The Bertz CT molecular complexity index is 328. The molecule has 84 valence electrons. The first kappa shape index (κ1) is 11.6. The van der Waals surface area contributed by atoms with Gasteiger partial charge in [0, 0.05) is 6.04 Å². The van der Waals surface area contributed by atoms with E-state index in [1.807, 2.05) is 0 Å². The van der Waals surface area contributed by atoms with E-state index < -0.39 is 12.1 Å². The van der Waals surface area contributed by atoms with Crippen molar-refractivity contribution >= 4 is 0 Å². The summed E-state index contributed by atoms with van der Waals surface area (Å²) in [5.41, 5.74) is 5.84. The number of hydrogen-bond acceptors (Lipinski definition) is 5. The second-order valence-electron chi connectivity index (χ2n) is 3.40. The average molecular weight is 213 g/mol. The van der Waals surface area contributed by atoms with Crippen molar-refractivity contribution in [2.75, 3.05) is 7.11 Å². The van der Waals surface area contributed by atoms with Gasteiger partial charge in [-0.15, -0.1) is 0 Å². The summed E-state index contributed by atoms with van der Waals surface area (Å²) in [6.45, 7) is 1.63. The molecule has 0 aliphatic rings. The number of aromatic hydroxyl groups is 2. The van der Waals surface area contributed by atoms with Crippen LogP contribution in [-0.4, -0.2) is 28.5 Å². The Morgan fingerprint density at radius 3 is 2.07 bits per heavy atom. The van der Waals surface area contributed by atoms with E-state index in [1.54, 1.807) is 6.92 Å². The summed E-state index contributed by atoms with van der Waals surface area (Å²) in [7, 11) is 1.33. The maximum Gasteiger partial charge on any atom is 0.202 e. The van der Waals surface area contributed by atoms with Crippen LogP contribution in [0, 0.1) is 0 Å². The molecule has 0 heterocycles. The number of aliphatic hydroxyl groups is 1. The highest BCUT2D eigenvalue weighted by molar-refractivity contribution is 5.52. The topological polar surface area (TPSA) is 95.9 Å². The molecule has 0 fully saturated rings. The lowest BCUT2D eigenvalue weighted by atomic mass is 10.0. The normalized spacial score (nSPS) is 14.7. The first-order valence-corrected chi connectivity index (χ1v) is 4.51. The highest BCUT2D eigenvalue weighted by Crippen LogP contribution is 2.38. The van der Waals surface area contributed by atoms with E-state index in [1.165, 1.54) is 19.2 Å². The van der Waals surface area contributed by atoms with E-state index in [2.05, 4.69) is 0 Å². The number of ether oxygens (including phenoxy) is 1. The Hall–Kier alpha value is -1.46. The smallest absolute Gasteiger partial charge is 0.202 e. The Balaban J connectivity index is 3.14. The third-order valence-electron chi connectivity index (χ3n) is 2.12. The van der Waals surface area contributed by atoms with Crippen LogP contribution < -0.4 is 10.5 Å². The van der Waals surface area contributed by atoms with Gasteiger partial charge >= 0.3 is 0 Å². The van der Waals surface area contributed by atoms with E-state index in [0.717, 1.165) is 0 Å². The van der Waals surface area contributed by atoms with Crippen molar-refractivity contribution in [1.82, 2.24) is 0 Å². The highest BCUT2D eigenvalue weighted by atomic mass is 16.5. The van der Waals surface area contributed by atoms with Gasteiger partial charge in [0.25, 0.3) is 0 Å². The maximum atomic E-state index is 9.62. The summed E-state index contributed by atoms with van der Waals surface area (Å²) in [5, 5.41) is 28.6. The predicted octanol–water partition coefficient (Wildman–Crippen LogP) is 0.487. The van der Waals surface area contributed by atoms with Crippen molar-refractivity contribution in [1.29, 1.82) is 0 Å². The molecule has 0 aliphatic carbocycles. The van der Waals surface area contributed by atoms with Gasteiger partial charge in [0.2, 0.25) is 5.75 Å². The number of nitrogens with two attached hydrogens (primary N) is 1. The zero-order valence-electron chi connectivity index (χ0n) is 8.64. The molecule has 5 nitrogen and oxygen atoms in total. The van der Waals surface area contributed by atoms with Crippen LogP contribution in [0.4, 0.5) is 0 Å². The van der Waals surface area contributed by atoms with Crippen molar-refractivity contribution in [3.8, 4) is 17.2 Å². The Labute approximate surface area is 87.7 Å². The van der Waals surface area contributed by atoms with Crippen LogP contribution in [0.5, 0.6) is 17.2 Å². The molecule has 1 aromatic rings. The predicted molar refractivity (Wildman–Crippen MR) is 54.9 cm³/mol. The molecule has 0 radical (unpaired) electrons. The van der Waals surface area contributed by atoms with Crippen LogP contribution in [0.3, 0.4) is 0 Å². The van der Waals surface area contributed by atoms with Gasteiger partial charge in [0.15, 0.2) is 11.5 Å². The highest BCUT2D eigenvalue weighted by Gasteiger charge is 2.17. The van der Waals surface area contributed by atoms with E-state index in [-0.39, 0.29) is 17.2 Å². The van der Waals surface area contributed by atoms with Gasteiger partial charge in [0.05, 0.1) is 13.2 Å². The first-order valence-electron chi connectivity index (χ1n) is 4.51. The van der Waals surface area contributed by atoms with Crippen molar-refractivity contribution in [3.05, 3.63) is 17.7 Å². The molecule has 15 heavy (non-hydrogen) atoms. The monoisotopic (exact) mass is 213 g/mol. The van der Waals surface area contributed by atoms with Crippen LogP contribution >= 0.6 is 0 Å². The van der Waals surface area contributed by atoms with Gasteiger partial charge in [-0.2, -0.15) is 0 Å². The molecule has 0 amide bonds.